The van der Waals surface area contributed by atoms with Gasteiger partial charge in [0.1, 0.15) is 3.70 Å². The Balaban J connectivity index is 3.29. The molecule has 0 radical (unpaired) electrons. The van der Waals surface area contributed by atoms with Gasteiger partial charge in [-0.3, -0.25) is 0 Å². The zero-order valence-corrected chi connectivity index (χ0v) is 8.74. The lowest BCUT2D eigenvalue weighted by molar-refractivity contribution is -0.137. The maximum atomic E-state index is 12.3. The van der Waals surface area contributed by atoms with Crippen LogP contribution in [0.15, 0.2) is 12.3 Å². The van der Waals surface area contributed by atoms with Gasteiger partial charge in [-0.2, -0.15) is 13.2 Å². The monoisotopic (exact) mass is 317 g/mol. The predicted molar refractivity (Wildman–Crippen MR) is 51.8 cm³/mol. The van der Waals surface area contributed by atoms with E-state index in [2.05, 4.69) is 4.98 Å². The van der Waals surface area contributed by atoms with Crippen LogP contribution < -0.4 is 5.46 Å². The van der Waals surface area contributed by atoms with Crippen LogP contribution in [0, 0.1) is 3.70 Å². The van der Waals surface area contributed by atoms with E-state index in [1.807, 2.05) is 0 Å². The minimum atomic E-state index is -4.63. The van der Waals surface area contributed by atoms with E-state index in [0.29, 0.717) is 6.20 Å². The quantitative estimate of drug-likeness (QED) is 0.447. The van der Waals surface area contributed by atoms with Crippen LogP contribution in [0.2, 0.25) is 0 Å². The van der Waals surface area contributed by atoms with Crippen molar-refractivity contribution >= 4 is 35.2 Å². The van der Waals surface area contributed by atoms with Gasteiger partial charge >= 0.3 is 13.3 Å². The van der Waals surface area contributed by atoms with E-state index < -0.39 is 24.3 Å². The minimum Gasteiger partial charge on any atom is -0.423 e. The predicted octanol–water partition coefficient (Wildman–Crippen LogP) is 0.385. The van der Waals surface area contributed by atoms with Crippen LogP contribution >= 0.6 is 22.6 Å². The Morgan fingerprint density at radius 2 is 1.93 bits per heavy atom. The zero-order chi connectivity index (χ0) is 10.9. The molecule has 0 spiro atoms. The molecule has 1 aromatic rings. The molecule has 0 aliphatic heterocycles. The first kappa shape index (κ1) is 11.7. The molecule has 2 N–H and O–H groups in total. The molecule has 0 saturated carbocycles. The third kappa shape index (κ3) is 2.58. The first-order valence-corrected chi connectivity index (χ1v) is 4.49. The van der Waals surface area contributed by atoms with Crippen molar-refractivity contribution in [3.05, 3.63) is 21.5 Å². The van der Waals surface area contributed by atoms with E-state index in [0.717, 1.165) is 6.07 Å². The van der Waals surface area contributed by atoms with Gasteiger partial charge in [0.2, 0.25) is 0 Å². The van der Waals surface area contributed by atoms with E-state index in [1.165, 1.54) is 0 Å². The van der Waals surface area contributed by atoms with Gasteiger partial charge in [0.05, 0.1) is 5.56 Å². The molecule has 0 saturated heterocycles. The summed E-state index contributed by atoms with van der Waals surface area (Å²) in [7, 11) is -2.15. The van der Waals surface area contributed by atoms with Crippen LogP contribution in [0.3, 0.4) is 0 Å². The standard InChI is InChI=1S/C6H4BF3INO2/c8-6(9,10)3-2-12-5(11)1-4(3)7(13)14/h1-2,13-14H. The summed E-state index contributed by atoms with van der Waals surface area (Å²) < 4.78 is 37.1. The molecule has 0 aliphatic carbocycles. The zero-order valence-electron chi connectivity index (χ0n) is 6.59. The molecule has 0 aromatic carbocycles. The first-order chi connectivity index (χ1) is 6.32. The summed E-state index contributed by atoms with van der Waals surface area (Å²) in [4.78, 5) is 3.43. The third-order valence-electron chi connectivity index (χ3n) is 1.49. The molecule has 8 heteroatoms. The van der Waals surface area contributed by atoms with E-state index >= 15 is 0 Å². The average molecular weight is 317 g/mol. The fraction of sp³-hybridized carbons (Fsp3) is 0.167. The maximum absolute atomic E-state index is 12.3. The van der Waals surface area contributed by atoms with Crippen LogP contribution in [-0.2, 0) is 6.18 Å². The number of rotatable bonds is 1. The smallest absolute Gasteiger partial charge is 0.423 e. The molecule has 14 heavy (non-hydrogen) atoms. The lowest BCUT2D eigenvalue weighted by Crippen LogP contribution is -2.36. The van der Waals surface area contributed by atoms with Gasteiger partial charge in [0.25, 0.3) is 0 Å². The number of nitrogens with zero attached hydrogens (tertiary/aromatic N) is 1. The van der Waals surface area contributed by atoms with Gasteiger partial charge < -0.3 is 10.0 Å². The SMILES string of the molecule is OB(O)c1cc(I)ncc1C(F)(F)F. The second kappa shape index (κ2) is 4.03. The molecule has 0 unspecified atom stereocenters. The molecule has 0 amide bonds. The highest BCUT2D eigenvalue weighted by Crippen LogP contribution is 2.27. The molecular weight excluding hydrogens is 313 g/mol. The van der Waals surface area contributed by atoms with Crippen LogP contribution in [0.4, 0.5) is 13.2 Å². The van der Waals surface area contributed by atoms with E-state index in [1.54, 1.807) is 22.6 Å². The summed E-state index contributed by atoms with van der Waals surface area (Å²) in [6.45, 7) is 0. The Hall–Kier alpha value is -0.345. The average Bonchev–Trinajstić information content (AvgIpc) is 2.01. The second-order valence-corrected chi connectivity index (χ2v) is 3.57. The number of hydrogen-bond acceptors (Lipinski definition) is 3. The maximum Gasteiger partial charge on any atom is 0.489 e. The summed E-state index contributed by atoms with van der Waals surface area (Å²) in [5.74, 6) is 0. The number of aromatic nitrogens is 1. The van der Waals surface area contributed by atoms with Gasteiger partial charge in [0, 0.05) is 6.20 Å². The second-order valence-electron chi connectivity index (χ2n) is 2.47. The van der Waals surface area contributed by atoms with Gasteiger partial charge in [0.15, 0.2) is 0 Å². The van der Waals surface area contributed by atoms with E-state index in [-0.39, 0.29) is 3.70 Å². The highest BCUT2D eigenvalue weighted by Gasteiger charge is 2.36. The fourth-order valence-corrected chi connectivity index (χ4v) is 1.37. The number of hydrogen-bond donors (Lipinski definition) is 2. The summed E-state index contributed by atoms with van der Waals surface area (Å²) in [6.07, 6.45) is -4.05. The van der Waals surface area contributed by atoms with Crippen molar-refractivity contribution in [3.8, 4) is 0 Å². The Morgan fingerprint density at radius 1 is 1.36 bits per heavy atom. The summed E-state index contributed by atoms with van der Waals surface area (Å²) in [5, 5.41) is 17.4. The van der Waals surface area contributed by atoms with Gasteiger partial charge in [-0.15, -0.1) is 0 Å². The van der Waals surface area contributed by atoms with Gasteiger partial charge in [-0.25, -0.2) is 4.98 Å². The Labute approximate surface area is 91.3 Å². The topological polar surface area (TPSA) is 53.4 Å². The normalized spacial score (nSPS) is 11.6. The Kier molecular flexibility index (Phi) is 3.38. The fourth-order valence-electron chi connectivity index (χ4n) is 0.895. The molecule has 1 rings (SSSR count). The largest absolute Gasteiger partial charge is 0.489 e. The van der Waals surface area contributed by atoms with E-state index in [9.17, 15) is 13.2 Å². The lowest BCUT2D eigenvalue weighted by Gasteiger charge is -2.11. The van der Waals surface area contributed by atoms with Crippen molar-refractivity contribution in [2.24, 2.45) is 0 Å². The van der Waals surface area contributed by atoms with Crippen molar-refractivity contribution in [2.45, 2.75) is 6.18 Å². The van der Waals surface area contributed by atoms with Crippen molar-refractivity contribution < 1.29 is 23.2 Å². The molecule has 76 valence electrons. The molecule has 0 aliphatic rings. The van der Waals surface area contributed by atoms with Gasteiger partial charge in [-0.1, -0.05) is 0 Å². The Bertz CT molecular complexity index is 344. The highest BCUT2D eigenvalue weighted by molar-refractivity contribution is 14.1. The van der Waals surface area contributed by atoms with Crippen molar-refractivity contribution in [1.29, 1.82) is 0 Å². The van der Waals surface area contributed by atoms with Crippen molar-refractivity contribution in [3.63, 3.8) is 0 Å². The summed E-state index contributed by atoms with van der Waals surface area (Å²) in [5.41, 5.74) is -1.72. The number of pyridine rings is 1. The molecule has 3 nitrogen and oxygen atoms in total. The van der Waals surface area contributed by atoms with Crippen LogP contribution in [0.1, 0.15) is 5.56 Å². The molecule has 1 aromatic heterocycles. The first-order valence-electron chi connectivity index (χ1n) is 3.41. The van der Waals surface area contributed by atoms with Crippen molar-refractivity contribution in [1.82, 2.24) is 4.98 Å². The van der Waals surface area contributed by atoms with Crippen molar-refractivity contribution in [2.75, 3.05) is 0 Å². The van der Waals surface area contributed by atoms with Crippen LogP contribution in [0.25, 0.3) is 0 Å². The Morgan fingerprint density at radius 3 is 2.36 bits per heavy atom. The number of halogens is 4. The molecule has 0 bridgehead atoms. The summed E-state index contributed by atoms with van der Waals surface area (Å²) >= 11 is 1.68. The van der Waals surface area contributed by atoms with E-state index in [4.69, 9.17) is 10.0 Å². The molecular formula is C6H4BF3INO2. The molecule has 0 atom stereocenters. The number of alkyl halides is 3. The highest BCUT2D eigenvalue weighted by atomic mass is 127. The minimum absolute atomic E-state index is 0.263. The summed E-state index contributed by atoms with van der Waals surface area (Å²) in [6, 6.07) is 0.980. The molecule has 1 heterocycles. The third-order valence-corrected chi connectivity index (χ3v) is 2.08. The van der Waals surface area contributed by atoms with Gasteiger partial charge in [-0.05, 0) is 34.1 Å². The molecule has 0 fully saturated rings. The van der Waals surface area contributed by atoms with Crippen LogP contribution in [0.5, 0.6) is 0 Å². The lowest BCUT2D eigenvalue weighted by atomic mass is 9.78. The van der Waals surface area contributed by atoms with Crippen LogP contribution in [-0.4, -0.2) is 22.2 Å².